The summed E-state index contributed by atoms with van der Waals surface area (Å²) in [6, 6.07) is 6.89. The standard InChI is InChI=1S/C18H26.C10H16.C7H16.C4H8.2C2H6/c1-6-8-9-17-10-11-18(16(5)13-17)15(4)12-14(3)7-2;1-5-9(3)7-8-10(4)6-2;1-3-5-7-6-4-2;1-4(2)3;2*1-2/h7,10-13H,6,8-9H2,1-5H3;5,7-8H,1,6H2,2-4H3;3-7H2,1-2H3;1H2,2-3H3;2*1-2H3/b14-7?,15-12-;9-7-,10-8-;;;;. The highest BCUT2D eigenvalue weighted by molar-refractivity contribution is 5.69. The SMILES string of the molecule is C=C(C)C.C=C/C(C)=C\C=C(\C)CC.CC.CC.CC=C(C)/C=C(/C)c1ccc(CCCC)cc1C.CCCCCCC. The van der Waals surface area contributed by atoms with E-state index in [-0.39, 0.29) is 0 Å². The summed E-state index contributed by atoms with van der Waals surface area (Å²) in [7, 11) is 0. The van der Waals surface area contributed by atoms with Crippen molar-refractivity contribution in [3.05, 3.63) is 101 Å². The summed E-state index contributed by atoms with van der Waals surface area (Å²) in [4.78, 5) is 0. The van der Waals surface area contributed by atoms with Gasteiger partial charge in [-0.15, -0.1) is 6.58 Å². The van der Waals surface area contributed by atoms with Crippen molar-refractivity contribution < 1.29 is 0 Å². The van der Waals surface area contributed by atoms with Crippen LogP contribution in [0.1, 0.15) is 172 Å². The Morgan fingerprint density at radius 2 is 1.21 bits per heavy atom. The van der Waals surface area contributed by atoms with Crippen molar-refractivity contribution in [1.29, 1.82) is 0 Å². The van der Waals surface area contributed by atoms with E-state index in [1.165, 1.54) is 95.9 Å². The van der Waals surface area contributed by atoms with Crippen LogP contribution in [0, 0.1) is 6.92 Å². The molecule has 0 fully saturated rings. The molecule has 0 nitrogen and oxygen atoms in total. The van der Waals surface area contributed by atoms with Crippen LogP contribution in [-0.4, -0.2) is 0 Å². The van der Waals surface area contributed by atoms with Crippen LogP contribution >= 0.6 is 0 Å². The maximum absolute atomic E-state index is 3.67. The van der Waals surface area contributed by atoms with Crippen LogP contribution in [0.15, 0.2) is 84.0 Å². The van der Waals surface area contributed by atoms with Gasteiger partial charge < -0.3 is 0 Å². The van der Waals surface area contributed by atoms with Crippen molar-refractivity contribution in [3.63, 3.8) is 0 Å². The predicted molar refractivity (Wildman–Crippen MR) is 208 cm³/mol. The van der Waals surface area contributed by atoms with Gasteiger partial charge in [-0.2, -0.15) is 0 Å². The first-order chi connectivity index (χ1) is 20.4. The van der Waals surface area contributed by atoms with E-state index in [1.54, 1.807) is 0 Å². The van der Waals surface area contributed by atoms with Crippen LogP contribution < -0.4 is 0 Å². The molecule has 0 saturated carbocycles. The summed E-state index contributed by atoms with van der Waals surface area (Å²) in [5.41, 5.74) is 10.7. The molecule has 0 aromatic heterocycles. The van der Waals surface area contributed by atoms with E-state index in [2.05, 4.69) is 118 Å². The van der Waals surface area contributed by atoms with Crippen LogP contribution in [0.3, 0.4) is 0 Å². The number of allylic oxidation sites excluding steroid dienone is 10. The third-order valence-corrected chi connectivity index (χ3v) is 6.15. The third-order valence-electron chi connectivity index (χ3n) is 6.15. The number of benzene rings is 1. The zero-order chi connectivity index (χ0) is 34.6. The van der Waals surface area contributed by atoms with Crippen LogP contribution in [0.5, 0.6) is 0 Å². The lowest BCUT2D eigenvalue weighted by Crippen LogP contribution is -1.91. The molecule has 0 radical (unpaired) electrons. The predicted octanol–water partition coefficient (Wildman–Crippen LogP) is 15.8. The van der Waals surface area contributed by atoms with E-state index in [1.807, 2.05) is 54.5 Å². The highest BCUT2D eigenvalue weighted by Crippen LogP contribution is 2.22. The largest absolute Gasteiger partial charge is 0.100 e. The fraction of sp³-hybridized carbons (Fsp3) is 0.581. The van der Waals surface area contributed by atoms with E-state index in [9.17, 15) is 0 Å². The maximum Gasteiger partial charge on any atom is -0.0198 e. The van der Waals surface area contributed by atoms with Crippen LogP contribution in [0.4, 0.5) is 0 Å². The molecule has 0 aliphatic rings. The molecule has 250 valence electrons. The smallest absolute Gasteiger partial charge is 0.0198 e. The van der Waals surface area contributed by atoms with Gasteiger partial charge in [-0.3, -0.25) is 0 Å². The summed E-state index contributed by atoms with van der Waals surface area (Å²) in [6.07, 6.45) is 22.4. The minimum absolute atomic E-state index is 1.13. The molecule has 0 heteroatoms. The average Bonchev–Trinajstić information content (AvgIpc) is 3.01. The Morgan fingerprint density at radius 3 is 1.58 bits per heavy atom. The van der Waals surface area contributed by atoms with E-state index >= 15 is 0 Å². The Morgan fingerprint density at radius 1 is 0.721 bits per heavy atom. The summed E-state index contributed by atoms with van der Waals surface area (Å²) in [6.45, 7) is 40.9. The van der Waals surface area contributed by atoms with Crippen molar-refractivity contribution >= 4 is 5.57 Å². The van der Waals surface area contributed by atoms with Gasteiger partial charge in [0.25, 0.3) is 0 Å². The van der Waals surface area contributed by atoms with Gasteiger partial charge in [-0.25, -0.2) is 0 Å². The van der Waals surface area contributed by atoms with Crippen molar-refractivity contribution in [3.8, 4) is 0 Å². The van der Waals surface area contributed by atoms with Crippen molar-refractivity contribution in [1.82, 2.24) is 0 Å². The quantitative estimate of drug-likeness (QED) is 0.128. The molecule has 0 heterocycles. The molecular formula is C43H78. The minimum atomic E-state index is 1.13. The van der Waals surface area contributed by atoms with E-state index in [0.717, 1.165) is 6.42 Å². The molecule has 0 saturated heterocycles. The highest BCUT2D eigenvalue weighted by atomic mass is 14.1. The molecule has 0 unspecified atom stereocenters. The number of hydrogen-bond donors (Lipinski definition) is 0. The first-order valence-electron chi connectivity index (χ1n) is 17.4. The van der Waals surface area contributed by atoms with Gasteiger partial charge in [0.2, 0.25) is 0 Å². The second-order valence-corrected chi connectivity index (χ2v) is 10.9. The molecule has 1 aromatic rings. The van der Waals surface area contributed by atoms with E-state index in [0.29, 0.717) is 0 Å². The second kappa shape index (κ2) is 39.7. The van der Waals surface area contributed by atoms with Crippen molar-refractivity contribution in [2.75, 3.05) is 0 Å². The first-order valence-corrected chi connectivity index (χ1v) is 17.4. The van der Waals surface area contributed by atoms with Crippen molar-refractivity contribution in [2.24, 2.45) is 0 Å². The number of hydrogen-bond acceptors (Lipinski definition) is 0. The normalized spacial score (nSPS) is 11.0. The summed E-state index contributed by atoms with van der Waals surface area (Å²) in [5, 5.41) is 0. The molecule has 0 atom stereocenters. The fourth-order valence-corrected chi connectivity index (χ4v) is 3.34. The third kappa shape index (κ3) is 39.7. The molecule has 0 amide bonds. The van der Waals surface area contributed by atoms with E-state index in [4.69, 9.17) is 0 Å². The molecule has 0 bridgehead atoms. The lowest BCUT2D eigenvalue weighted by atomic mass is 9.96. The Hall–Kier alpha value is -2.34. The summed E-state index contributed by atoms with van der Waals surface area (Å²) < 4.78 is 0. The highest BCUT2D eigenvalue weighted by Gasteiger charge is 2.02. The summed E-state index contributed by atoms with van der Waals surface area (Å²) >= 11 is 0. The Bertz CT molecular complexity index is 875. The first kappa shape index (κ1) is 50.3. The number of unbranched alkanes of at least 4 members (excludes halogenated alkanes) is 5. The van der Waals surface area contributed by atoms with Gasteiger partial charge in [0.05, 0.1) is 0 Å². The number of rotatable bonds is 12. The van der Waals surface area contributed by atoms with Gasteiger partial charge in [-0.05, 0) is 96.9 Å². The van der Waals surface area contributed by atoms with Gasteiger partial charge in [0.1, 0.15) is 0 Å². The van der Waals surface area contributed by atoms with Crippen LogP contribution in [-0.2, 0) is 6.42 Å². The number of aryl methyl sites for hydroxylation is 2. The minimum Gasteiger partial charge on any atom is -0.100 e. The van der Waals surface area contributed by atoms with Crippen LogP contribution in [0.25, 0.3) is 5.57 Å². The van der Waals surface area contributed by atoms with E-state index < -0.39 is 0 Å². The lowest BCUT2D eigenvalue weighted by Gasteiger charge is -2.09. The van der Waals surface area contributed by atoms with Crippen LogP contribution in [0.2, 0.25) is 0 Å². The van der Waals surface area contributed by atoms with Gasteiger partial charge in [-0.1, -0.05) is 171 Å². The molecule has 0 N–H and O–H groups in total. The average molecular weight is 595 g/mol. The zero-order valence-electron chi connectivity index (χ0n) is 32.4. The molecule has 1 aromatic carbocycles. The molecule has 0 spiro atoms. The maximum atomic E-state index is 3.67. The monoisotopic (exact) mass is 595 g/mol. The van der Waals surface area contributed by atoms with Gasteiger partial charge in [0, 0.05) is 0 Å². The molecule has 0 aliphatic heterocycles. The molecule has 0 aliphatic carbocycles. The fourth-order valence-electron chi connectivity index (χ4n) is 3.34. The Balaban J connectivity index is -0.000000163. The van der Waals surface area contributed by atoms with Gasteiger partial charge in [0.15, 0.2) is 0 Å². The summed E-state index contributed by atoms with van der Waals surface area (Å²) in [5.74, 6) is 0. The Kier molecular flexibility index (Phi) is 46.4. The zero-order valence-corrected chi connectivity index (χ0v) is 32.4. The molecular weight excluding hydrogens is 516 g/mol. The molecule has 1 rings (SSSR count). The Labute approximate surface area is 274 Å². The van der Waals surface area contributed by atoms with Gasteiger partial charge >= 0.3 is 0 Å². The molecule has 43 heavy (non-hydrogen) atoms. The van der Waals surface area contributed by atoms with Crippen molar-refractivity contribution in [2.45, 2.75) is 169 Å². The lowest BCUT2D eigenvalue weighted by molar-refractivity contribution is 0.656. The topological polar surface area (TPSA) is 0 Å². The second-order valence-electron chi connectivity index (χ2n) is 10.9.